The summed E-state index contributed by atoms with van der Waals surface area (Å²) in [6.07, 6.45) is 2.97. The van der Waals surface area contributed by atoms with Gasteiger partial charge in [0.1, 0.15) is 5.75 Å². The minimum absolute atomic E-state index is 0.114. The van der Waals surface area contributed by atoms with Crippen molar-refractivity contribution in [3.63, 3.8) is 0 Å². The Morgan fingerprint density at radius 2 is 2.07 bits per heavy atom. The number of aryl methyl sites for hydroxylation is 1. The Bertz CT molecular complexity index is 739. The molecular weight excluding hydrogens is 396 g/mol. The molecule has 2 aromatic rings. The molecule has 0 bridgehead atoms. The number of aromatic hydroxyl groups is 1. The Morgan fingerprint density at radius 3 is 2.73 bits per heavy atom. The zero-order chi connectivity index (χ0) is 21.8. The van der Waals surface area contributed by atoms with Gasteiger partial charge in [-0.1, -0.05) is 19.1 Å². The summed E-state index contributed by atoms with van der Waals surface area (Å²) in [7, 11) is 4.05. The SMILES string of the molecule is CCNCC1CC(=O)N(c2cccc(O)c2)CCN1C.CNCCCc1cccs1. The van der Waals surface area contributed by atoms with Gasteiger partial charge in [0, 0.05) is 48.7 Å². The number of phenols is 1. The average Bonchev–Trinajstić information content (AvgIpc) is 3.20. The van der Waals surface area contributed by atoms with Crippen molar-refractivity contribution in [2.75, 3.05) is 51.7 Å². The van der Waals surface area contributed by atoms with Gasteiger partial charge in [0.25, 0.3) is 0 Å². The molecule has 1 unspecified atom stereocenters. The molecule has 166 valence electrons. The van der Waals surface area contributed by atoms with Gasteiger partial charge in [-0.2, -0.15) is 0 Å². The van der Waals surface area contributed by atoms with E-state index >= 15 is 0 Å². The first-order valence-corrected chi connectivity index (χ1v) is 11.6. The molecule has 2 heterocycles. The van der Waals surface area contributed by atoms with E-state index in [0.717, 1.165) is 31.9 Å². The molecule has 30 heavy (non-hydrogen) atoms. The molecule has 1 amide bonds. The maximum atomic E-state index is 12.4. The highest BCUT2D eigenvalue weighted by molar-refractivity contribution is 7.09. The van der Waals surface area contributed by atoms with Crippen molar-refractivity contribution in [1.82, 2.24) is 15.5 Å². The van der Waals surface area contributed by atoms with E-state index < -0.39 is 0 Å². The second-order valence-corrected chi connectivity index (χ2v) is 8.53. The molecule has 3 N–H and O–H groups in total. The molecule has 0 radical (unpaired) electrons. The normalized spacial score (nSPS) is 17.4. The van der Waals surface area contributed by atoms with Crippen molar-refractivity contribution in [3.8, 4) is 5.75 Å². The average molecular weight is 433 g/mol. The topological polar surface area (TPSA) is 67.8 Å². The summed E-state index contributed by atoms with van der Waals surface area (Å²) in [4.78, 5) is 17.9. The van der Waals surface area contributed by atoms with Crippen LogP contribution >= 0.6 is 11.3 Å². The summed E-state index contributed by atoms with van der Waals surface area (Å²) in [5.41, 5.74) is 0.771. The lowest BCUT2D eigenvalue weighted by Crippen LogP contribution is -2.40. The number of nitrogens with one attached hydrogen (secondary N) is 2. The number of rotatable bonds is 8. The van der Waals surface area contributed by atoms with E-state index in [0.29, 0.717) is 13.0 Å². The Hall–Kier alpha value is -1.93. The van der Waals surface area contributed by atoms with E-state index in [1.807, 2.05) is 24.5 Å². The number of nitrogens with zero attached hydrogens (tertiary/aromatic N) is 2. The van der Waals surface area contributed by atoms with Gasteiger partial charge in [-0.05, 0) is 63.6 Å². The van der Waals surface area contributed by atoms with Gasteiger partial charge in [-0.15, -0.1) is 11.3 Å². The van der Waals surface area contributed by atoms with Crippen LogP contribution in [-0.4, -0.2) is 68.8 Å². The minimum Gasteiger partial charge on any atom is -0.508 e. The lowest BCUT2D eigenvalue weighted by atomic mass is 10.1. The first kappa shape index (κ1) is 24.3. The molecule has 1 saturated heterocycles. The zero-order valence-corrected chi connectivity index (χ0v) is 19.3. The Labute approximate surface area is 184 Å². The zero-order valence-electron chi connectivity index (χ0n) is 18.4. The number of benzene rings is 1. The van der Waals surface area contributed by atoms with Gasteiger partial charge >= 0.3 is 0 Å². The number of amides is 1. The number of carbonyl (C=O) groups excluding carboxylic acids is 1. The highest BCUT2D eigenvalue weighted by atomic mass is 32.1. The third-order valence-electron chi connectivity index (χ3n) is 5.21. The number of hydrogen-bond acceptors (Lipinski definition) is 6. The van der Waals surface area contributed by atoms with Gasteiger partial charge in [0.15, 0.2) is 0 Å². The Morgan fingerprint density at radius 1 is 1.23 bits per heavy atom. The van der Waals surface area contributed by atoms with Crippen LogP contribution in [0.25, 0.3) is 0 Å². The fourth-order valence-electron chi connectivity index (χ4n) is 3.40. The van der Waals surface area contributed by atoms with Crippen LogP contribution in [0.4, 0.5) is 5.69 Å². The van der Waals surface area contributed by atoms with Gasteiger partial charge in [0.05, 0.1) is 0 Å². The smallest absolute Gasteiger partial charge is 0.228 e. The molecule has 0 aliphatic carbocycles. The summed E-state index contributed by atoms with van der Waals surface area (Å²) >= 11 is 1.85. The summed E-state index contributed by atoms with van der Waals surface area (Å²) < 4.78 is 0. The van der Waals surface area contributed by atoms with Crippen LogP contribution in [0.5, 0.6) is 5.75 Å². The molecule has 1 aromatic carbocycles. The number of carbonyl (C=O) groups is 1. The fourth-order valence-corrected chi connectivity index (χ4v) is 4.15. The molecule has 1 aliphatic rings. The van der Waals surface area contributed by atoms with Crippen LogP contribution in [0.15, 0.2) is 41.8 Å². The van der Waals surface area contributed by atoms with E-state index in [4.69, 9.17) is 0 Å². The standard InChI is InChI=1S/C15H23N3O2.C8H13NS/c1-3-16-11-13-10-15(20)18(8-7-17(13)2)12-5-4-6-14(19)9-12;1-9-6-2-4-8-5-3-7-10-8/h4-6,9,13,16,19H,3,7-8,10-11H2,1-2H3;3,5,7,9H,2,4,6H2,1H3. The monoisotopic (exact) mass is 432 g/mol. The second kappa shape index (κ2) is 13.4. The molecule has 0 spiro atoms. The van der Waals surface area contributed by atoms with Crippen molar-refractivity contribution in [2.45, 2.75) is 32.2 Å². The highest BCUT2D eigenvalue weighted by Gasteiger charge is 2.27. The summed E-state index contributed by atoms with van der Waals surface area (Å²) in [5, 5.41) is 18.1. The molecule has 7 heteroatoms. The molecule has 1 atom stereocenters. The second-order valence-electron chi connectivity index (χ2n) is 7.50. The number of thiophene rings is 1. The summed E-state index contributed by atoms with van der Waals surface area (Å²) in [6, 6.07) is 11.4. The quantitative estimate of drug-likeness (QED) is 0.560. The first-order valence-electron chi connectivity index (χ1n) is 10.7. The van der Waals surface area contributed by atoms with E-state index in [1.54, 1.807) is 23.1 Å². The minimum atomic E-state index is 0.114. The summed E-state index contributed by atoms with van der Waals surface area (Å²) in [5.74, 6) is 0.306. The van der Waals surface area contributed by atoms with Crippen molar-refractivity contribution in [3.05, 3.63) is 46.7 Å². The van der Waals surface area contributed by atoms with Gasteiger partial charge < -0.3 is 20.6 Å². The number of likely N-dealkylation sites (N-methyl/N-ethyl adjacent to an activating group) is 2. The maximum Gasteiger partial charge on any atom is 0.228 e. The predicted molar refractivity (Wildman–Crippen MR) is 127 cm³/mol. The van der Waals surface area contributed by atoms with Crippen LogP contribution in [0.3, 0.4) is 0 Å². The summed E-state index contributed by atoms with van der Waals surface area (Å²) in [6.45, 7) is 6.41. The fraction of sp³-hybridized carbons (Fsp3) is 0.522. The van der Waals surface area contributed by atoms with E-state index in [9.17, 15) is 9.90 Å². The third-order valence-corrected chi connectivity index (χ3v) is 6.15. The van der Waals surface area contributed by atoms with Gasteiger partial charge in [-0.3, -0.25) is 9.69 Å². The number of hydrogen-bond donors (Lipinski definition) is 3. The number of anilines is 1. The number of phenolic OH excluding ortho intramolecular Hbond substituents is 1. The van der Waals surface area contributed by atoms with E-state index in [2.05, 4.69) is 47.0 Å². The maximum absolute atomic E-state index is 12.4. The first-order chi connectivity index (χ1) is 14.5. The lowest BCUT2D eigenvalue weighted by molar-refractivity contribution is -0.119. The van der Waals surface area contributed by atoms with Gasteiger partial charge in [-0.25, -0.2) is 0 Å². The molecule has 1 aliphatic heterocycles. The van der Waals surface area contributed by atoms with Crippen molar-refractivity contribution in [1.29, 1.82) is 0 Å². The molecule has 0 saturated carbocycles. The Balaban J connectivity index is 0.000000269. The molecule has 1 fully saturated rings. The molecule has 3 rings (SSSR count). The van der Waals surface area contributed by atoms with Crippen molar-refractivity contribution < 1.29 is 9.90 Å². The molecular formula is C23H36N4O2S. The van der Waals surface area contributed by atoms with Crippen molar-refractivity contribution in [2.24, 2.45) is 0 Å². The van der Waals surface area contributed by atoms with Crippen molar-refractivity contribution >= 4 is 22.9 Å². The highest BCUT2D eigenvalue weighted by Crippen LogP contribution is 2.23. The van der Waals surface area contributed by atoms with Crippen LogP contribution in [0.2, 0.25) is 0 Å². The third kappa shape index (κ3) is 8.07. The van der Waals surface area contributed by atoms with Gasteiger partial charge in [0.2, 0.25) is 5.91 Å². The van der Waals surface area contributed by atoms with Crippen LogP contribution in [0, 0.1) is 0 Å². The largest absolute Gasteiger partial charge is 0.508 e. The van der Waals surface area contributed by atoms with Crippen LogP contribution < -0.4 is 15.5 Å². The Kier molecular flexibility index (Phi) is 10.9. The van der Waals surface area contributed by atoms with E-state index in [-0.39, 0.29) is 17.7 Å². The molecule has 1 aromatic heterocycles. The molecule has 6 nitrogen and oxygen atoms in total. The van der Waals surface area contributed by atoms with Crippen LogP contribution in [-0.2, 0) is 11.2 Å². The predicted octanol–water partition coefficient (Wildman–Crippen LogP) is 2.94. The lowest BCUT2D eigenvalue weighted by Gasteiger charge is -2.24. The van der Waals surface area contributed by atoms with Crippen LogP contribution in [0.1, 0.15) is 24.6 Å². The van der Waals surface area contributed by atoms with E-state index in [1.165, 1.54) is 17.7 Å².